The Labute approximate surface area is 120 Å². The van der Waals surface area contributed by atoms with Gasteiger partial charge in [-0.2, -0.15) is 5.26 Å². The third-order valence-corrected chi connectivity index (χ3v) is 3.77. The van der Waals surface area contributed by atoms with Gasteiger partial charge in [-0.3, -0.25) is 4.79 Å². The van der Waals surface area contributed by atoms with Crippen LogP contribution in [0.2, 0.25) is 0 Å². The van der Waals surface area contributed by atoms with Gasteiger partial charge in [-0.25, -0.2) is 4.39 Å². The lowest BCUT2D eigenvalue weighted by Crippen LogP contribution is -2.51. The number of hydrogen-bond acceptors (Lipinski definition) is 3. The predicted molar refractivity (Wildman–Crippen MR) is 74.1 cm³/mol. The second kappa shape index (κ2) is 5.19. The van der Waals surface area contributed by atoms with Gasteiger partial charge >= 0.3 is 0 Å². The van der Waals surface area contributed by atoms with Crippen molar-refractivity contribution in [1.82, 2.24) is 10.3 Å². The molecule has 1 aliphatic rings. The van der Waals surface area contributed by atoms with Crippen LogP contribution >= 0.6 is 0 Å². The average molecular weight is 287 g/mol. The number of aromatic nitrogens is 1. The molecule has 2 heterocycles. The number of aromatic amines is 1. The first-order valence-corrected chi connectivity index (χ1v) is 6.72. The van der Waals surface area contributed by atoms with E-state index in [2.05, 4.69) is 16.4 Å². The fraction of sp³-hybridized carbons (Fsp3) is 0.333. The van der Waals surface area contributed by atoms with Gasteiger partial charge in [-0.1, -0.05) is 6.07 Å². The first-order valence-electron chi connectivity index (χ1n) is 6.72. The van der Waals surface area contributed by atoms with Gasteiger partial charge in [-0.05, 0) is 18.2 Å². The third-order valence-electron chi connectivity index (χ3n) is 3.77. The number of nitrogens with zero attached hydrogens (tertiary/aromatic N) is 1. The summed E-state index contributed by atoms with van der Waals surface area (Å²) in [7, 11) is 0. The van der Waals surface area contributed by atoms with E-state index in [4.69, 9.17) is 4.74 Å². The van der Waals surface area contributed by atoms with E-state index >= 15 is 0 Å². The van der Waals surface area contributed by atoms with E-state index in [0.717, 1.165) is 0 Å². The summed E-state index contributed by atoms with van der Waals surface area (Å²) in [4.78, 5) is 15.2. The molecule has 2 N–H and O–H groups in total. The van der Waals surface area contributed by atoms with Gasteiger partial charge in [0.2, 0.25) is 0 Å². The van der Waals surface area contributed by atoms with Gasteiger partial charge in [0.05, 0.1) is 6.07 Å². The van der Waals surface area contributed by atoms with Crippen molar-refractivity contribution in [3.8, 4) is 6.07 Å². The Hall–Kier alpha value is -2.39. The Morgan fingerprint density at radius 3 is 2.86 bits per heavy atom. The van der Waals surface area contributed by atoms with Crippen molar-refractivity contribution < 1.29 is 13.9 Å². The smallest absolute Gasteiger partial charge is 0.268 e. The highest BCUT2D eigenvalue weighted by atomic mass is 19.1. The van der Waals surface area contributed by atoms with E-state index in [1.807, 2.05) is 0 Å². The molecule has 1 saturated heterocycles. The Bertz CT molecular complexity index is 726. The molecule has 3 rings (SSSR count). The van der Waals surface area contributed by atoms with Crippen LogP contribution in [0, 0.1) is 17.1 Å². The van der Waals surface area contributed by atoms with Crippen LogP contribution in [-0.2, 0) is 4.74 Å². The number of rotatable bonds is 2. The number of ether oxygens (including phenoxy) is 1. The minimum atomic E-state index is -0.912. The zero-order valence-corrected chi connectivity index (χ0v) is 11.3. The van der Waals surface area contributed by atoms with Crippen LogP contribution < -0.4 is 5.32 Å². The van der Waals surface area contributed by atoms with Crippen molar-refractivity contribution in [2.24, 2.45) is 0 Å². The van der Waals surface area contributed by atoms with E-state index in [1.54, 1.807) is 12.1 Å². The lowest BCUT2D eigenvalue weighted by Gasteiger charge is -2.31. The Morgan fingerprint density at radius 1 is 1.43 bits per heavy atom. The van der Waals surface area contributed by atoms with E-state index < -0.39 is 11.4 Å². The molecule has 5 nitrogen and oxygen atoms in total. The van der Waals surface area contributed by atoms with Crippen LogP contribution in [0.1, 0.15) is 23.3 Å². The number of carbonyl (C=O) groups excluding carboxylic acids is 1. The van der Waals surface area contributed by atoms with E-state index in [9.17, 15) is 14.4 Å². The Kier molecular flexibility index (Phi) is 3.35. The van der Waals surface area contributed by atoms with Crippen LogP contribution in [-0.4, -0.2) is 29.6 Å². The van der Waals surface area contributed by atoms with Crippen molar-refractivity contribution in [2.45, 2.75) is 18.4 Å². The molecule has 1 aliphatic heterocycles. The van der Waals surface area contributed by atoms with Crippen molar-refractivity contribution in [1.29, 1.82) is 5.26 Å². The number of amides is 1. The number of nitriles is 1. The maximum atomic E-state index is 13.6. The lowest BCUT2D eigenvalue weighted by molar-refractivity contribution is 0.0530. The van der Waals surface area contributed by atoms with Gasteiger partial charge in [-0.15, -0.1) is 0 Å². The number of hydrogen-bond donors (Lipinski definition) is 2. The first kappa shape index (κ1) is 13.6. The zero-order chi connectivity index (χ0) is 14.9. The van der Waals surface area contributed by atoms with Crippen molar-refractivity contribution in [3.63, 3.8) is 0 Å². The molecule has 6 heteroatoms. The van der Waals surface area contributed by atoms with Crippen LogP contribution in [0.5, 0.6) is 0 Å². The SMILES string of the molecule is N#CC1(NC(=O)c2cc3c(F)cccc3[nH]2)CCOCC1. The van der Waals surface area contributed by atoms with Crippen molar-refractivity contribution in [2.75, 3.05) is 13.2 Å². The molecular weight excluding hydrogens is 273 g/mol. The summed E-state index contributed by atoms with van der Waals surface area (Å²) >= 11 is 0. The highest BCUT2D eigenvalue weighted by molar-refractivity contribution is 5.98. The van der Waals surface area contributed by atoms with Crippen LogP contribution in [0.25, 0.3) is 10.9 Å². The minimum Gasteiger partial charge on any atom is -0.381 e. The summed E-state index contributed by atoms with van der Waals surface area (Å²) in [6.45, 7) is 0.879. The van der Waals surface area contributed by atoms with Crippen LogP contribution in [0.15, 0.2) is 24.3 Å². The normalized spacial score (nSPS) is 17.3. The molecule has 0 unspecified atom stereocenters. The van der Waals surface area contributed by atoms with Crippen molar-refractivity contribution in [3.05, 3.63) is 35.8 Å². The van der Waals surface area contributed by atoms with E-state index in [-0.39, 0.29) is 11.5 Å². The number of H-pyrrole nitrogens is 1. The highest BCUT2D eigenvalue weighted by Crippen LogP contribution is 2.22. The topological polar surface area (TPSA) is 77.9 Å². The fourth-order valence-electron chi connectivity index (χ4n) is 2.51. The molecule has 1 aromatic carbocycles. The quantitative estimate of drug-likeness (QED) is 0.888. The average Bonchev–Trinajstić information content (AvgIpc) is 2.94. The maximum Gasteiger partial charge on any atom is 0.268 e. The number of halogens is 1. The van der Waals surface area contributed by atoms with Gasteiger partial charge in [0, 0.05) is 37.0 Å². The zero-order valence-electron chi connectivity index (χ0n) is 11.3. The summed E-state index contributed by atoms with van der Waals surface area (Å²) in [5.41, 5.74) is -0.111. The molecule has 2 aromatic rings. The summed E-state index contributed by atoms with van der Waals surface area (Å²) < 4.78 is 18.9. The second-order valence-electron chi connectivity index (χ2n) is 5.14. The standard InChI is InChI=1S/C15H14FN3O2/c16-11-2-1-3-12-10(11)8-13(18-12)14(20)19-15(9-17)4-6-21-7-5-15/h1-3,8,18H,4-7H2,(H,19,20). The number of carbonyl (C=O) groups is 1. The molecule has 0 atom stereocenters. The van der Waals surface area contributed by atoms with Gasteiger partial charge in [0.1, 0.15) is 17.1 Å². The van der Waals surface area contributed by atoms with Crippen molar-refractivity contribution >= 4 is 16.8 Å². The molecule has 0 radical (unpaired) electrons. The molecule has 21 heavy (non-hydrogen) atoms. The minimum absolute atomic E-state index is 0.246. The van der Waals surface area contributed by atoms with E-state index in [1.165, 1.54) is 12.1 Å². The Morgan fingerprint density at radius 2 is 2.19 bits per heavy atom. The van der Waals surface area contributed by atoms with E-state index in [0.29, 0.717) is 37.0 Å². The first-order chi connectivity index (χ1) is 10.1. The molecule has 1 fully saturated rings. The second-order valence-corrected chi connectivity index (χ2v) is 5.14. The summed E-state index contributed by atoms with van der Waals surface area (Å²) in [5, 5.41) is 12.4. The number of fused-ring (bicyclic) bond motifs is 1. The molecular formula is C15H14FN3O2. The third kappa shape index (κ3) is 2.48. The predicted octanol–water partition coefficient (Wildman–Crippen LogP) is 2.11. The van der Waals surface area contributed by atoms with Gasteiger partial charge in [0.25, 0.3) is 5.91 Å². The van der Waals surface area contributed by atoms with Crippen LogP contribution in [0.4, 0.5) is 4.39 Å². The number of nitrogens with one attached hydrogen (secondary N) is 2. The molecule has 1 aromatic heterocycles. The largest absolute Gasteiger partial charge is 0.381 e. The molecule has 0 spiro atoms. The molecule has 0 saturated carbocycles. The summed E-state index contributed by atoms with van der Waals surface area (Å²) in [6.07, 6.45) is 0.896. The molecule has 0 bridgehead atoms. The van der Waals surface area contributed by atoms with Gasteiger partial charge < -0.3 is 15.0 Å². The monoisotopic (exact) mass is 287 g/mol. The number of benzene rings is 1. The molecule has 108 valence electrons. The van der Waals surface area contributed by atoms with Gasteiger partial charge in [0.15, 0.2) is 0 Å². The fourth-order valence-corrected chi connectivity index (χ4v) is 2.51. The molecule has 0 aliphatic carbocycles. The summed E-state index contributed by atoms with van der Waals surface area (Å²) in [6, 6.07) is 8.24. The highest BCUT2D eigenvalue weighted by Gasteiger charge is 2.34. The Balaban J connectivity index is 1.87. The lowest BCUT2D eigenvalue weighted by atomic mass is 9.91. The maximum absolute atomic E-state index is 13.6. The summed E-state index contributed by atoms with van der Waals surface area (Å²) in [5.74, 6) is -0.794. The van der Waals surface area contributed by atoms with Crippen LogP contribution in [0.3, 0.4) is 0 Å². The molecule has 1 amide bonds.